The number of hydrogen-bond donors (Lipinski definition) is 1. The van der Waals surface area contributed by atoms with Crippen molar-refractivity contribution < 1.29 is 21.9 Å². The van der Waals surface area contributed by atoms with Crippen LogP contribution < -0.4 is 10.1 Å². The SMILES string of the molecule is CS(=O)(=O)c1ccc(-c2ccc3nc4n(c3c2)[C@@H](c2ccccc2OC(F)F)CNC4)cn1. The van der Waals surface area contributed by atoms with Crippen LogP contribution >= 0.6 is 0 Å². The first kappa shape index (κ1) is 21.5. The lowest BCUT2D eigenvalue weighted by molar-refractivity contribution is -0.0507. The highest BCUT2D eigenvalue weighted by atomic mass is 32.2. The van der Waals surface area contributed by atoms with Crippen molar-refractivity contribution in [1.82, 2.24) is 19.9 Å². The van der Waals surface area contributed by atoms with Crippen molar-refractivity contribution in [1.29, 1.82) is 0 Å². The van der Waals surface area contributed by atoms with E-state index in [4.69, 9.17) is 9.72 Å². The van der Waals surface area contributed by atoms with Crippen molar-refractivity contribution in [3.05, 3.63) is 72.2 Å². The van der Waals surface area contributed by atoms with E-state index in [9.17, 15) is 17.2 Å². The monoisotopic (exact) mass is 470 g/mol. The molecular weight excluding hydrogens is 450 g/mol. The number of nitrogens with zero attached hydrogens (tertiary/aromatic N) is 3. The summed E-state index contributed by atoms with van der Waals surface area (Å²) in [5.41, 5.74) is 3.84. The fourth-order valence-corrected chi connectivity index (χ4v) is 4.74. The number of hydrogen-bond acceptors (Lipinski definition) is 6. The number of ether oxygens (including phenoxy) is 1. The Labute approximate surface area is 189 Å². The number of rotatable bonds is 5. The molecule has 1 N–H and O–H groups in total. The zero-order valence-corrected chi connectivity index (χ0v) is 18.4. The number of fused-ring (bicyclic) bond motifs is 3. The zero-order chi connectivity index (χ0) is 23.2. The largest absolute Gasteiger partial charge is 0.434 e. The second kappa shape index (κ2) is 8.20. The van der Waals surface area contributed by atoms with Gasteiger partial charge in [-0.3, -0.25) is 0 Å². The number of aromatic nitrogens is 3. The highest BCUT2D eigenvalue weighted by molar-refractivity contribution is 7.90. The molecule has 2 aromatic heterocycles. The first-order valence-corrected chi connectivity index (χ1v) is 12.1. The molecule has 0 saturated heterocycles. The fourth-order valence-electron chi connectivity index (χ4n) is 4.19. The van der Waals surface area contributed by atoms with Crippen molar-refractivity contribution in [3.63, 3.8) is 0 Å². The summed E-state index contributed by atoms with van der Waals surface area (Å²) in [7, 11) is -3.39. The average molecular weight is 471 g/mol. The maximum Gasteiger partial charge on any atom is 0.387 e. The quantitative estimate of drug-likeness (QED) is 0.478. The predicted octanol–water partition coefficient (Wildman–Crippen LogP) is 3.80. The summed E-state index contributed by atoms with van der Waals surface area (Å²) in [6.07, 6.45) is 2.64. The number of imidazole rings is 1. The molecule has 0 amide bonds. The van der Waals surface area contributed by atoms with E-state index in [0.29, 0.717) is 18.7 Å². The van der Waals surface area contributed by atoms with Crippen LogP contribution in [0.3, 0.4) is 0 Å². The number of alkyl halides is 2. The van der Waals surface area contributed by atoms with Crippen LogP contribution in [-0.2, 0) is 16.4 Å². The molecule has 170 valence electrons. The van der Waals surface area contributed by atoms with Gasteiger partial charge in [-0.1, -0.05) is 24.3 Å². The average Bonchev–Trinajstić information content (AvgIpc) is 3.17. The maximum atomic E-state index is 13.0. The summed E-state index contributed by atoms with van der Waals surface area (Å²) in [5, 5.41) is 3.31. The van der Waals surface area contributed by atoms with Gasteiger partial charge >= 0.3 is 6.61 Å². The number of halogens is 2. The topological polar surface area (TPSA) is 86.1 Å². The van der Waals surface area contributed by atoms with Crippen molar-refractivity contribution in [2.75, 3.05) is 12.8 Å². The fraction of sp³-hybridized carbons (Fsp3) is 0.217. The van der Waals surface area contributed by atoms with Gasteiger partial charge in [0.05, 0.1) is 23.6 Å². The van der Waals surface area contributed by atoms with Crippen LogP contribution in [0.5, 0.6) is 5.75 Å². The summed E-state index contributed by atoms with van der Waals surface area (Å²) in [4.78, 5) is 8.79. The predicted molar refractivity (Wildman–Crippen MR) is 119 cm³/mol. The third kappa shape index (κ3) is 4.07. The molecule has 0 aliphatic carbocycles. The van der Waals surface area contributed by atoms with Crippen LogP contribution in [0, 0.1) is 0 Å². The van der Waals surface area contributed by atoms with E-state index >= 15 is 0 Å². The van der Waals surface area contributed by atoms with E-state index in [1.54, 1.807) is 24.3 Å². The highest BCUT2D eigenvalue weighted by Gasteiger charge is 2.27. The minimum atomic E-state index is -3.39. The standard InChI is InChI=1S/C23H20F2N4O3S/c1-33(30,31)22-9-7-15(11-27-22)14-6-8-17-18(10-14)29-19(12-26-13-21(29)28-17)16-4-2-3-5-20(16)32-23(24)25/h2-11,19,23,26H,12-13H2,1H3/t19-/m1/s1. The van der Waals surface area contributed by atoms with E-state index in [0.717, 1.165) is 34.2 Å². The zero-order valence-electron chi connectivity index (χ0n) is 17.6. The second-order valence-corrected chi connectivity index (χ2v) is 9.78. The molecule has 33 heavy (non-hydrogen) atoms. The van der Waals surface area contributed by atoms with E-state index in [1.807, 2.05) is 22.8 Å². The lowest BCUT2D eigenvalue weighted by Gasteiger charge is -2.28. The summed E-state index contributed by atoms with van der Waals surface area (Å²) >= 11 is 0. The van der Waals surface area contributed by atoms with Crippen molar-refractivity contribution in [2.45, 2.75) is 24.2 Å². The smallest absolute Gasteiger partial charge is 0.387 e. The van der Waals surface area contributed by atoms with E-state index in [1.165, 1.54) is 18.3 Å². The minimum absolute atomic E-state index is 0.0100. The molecule has 7 nitrogen and oxygen atoms in total. The Balaban J connectivity index is 1.61. The number of para-hydroxylation sites is 1. The van der Waals surface area contributed by atoms with Gasteiger partial charge in [0.25, 0.3) is 0 Å². The molecule has 0 spiro atoms. The normalized spacial score (nSPS) is 16.2. The van der Waals surface area contributed by atoms with Gasteiger partial charge in [-0.05, 0) is 35.9 Å². The number of nitrogens with one attached hydrogen (secondary N) is 1. The van der Waals surface area contributed by atoms with Crippen LogP contribution in [0.4, 0.5) is 8.78 Å². The second-order valence-electron chi connectivity index (χ2n) is 7.82. The molecule has 2 aromatic carbocycles. The van der Waals surface area contributed by atoms with Gasteiger partial charge < -0.3 is 14.6 Å². The number of benzene rings is 2. The lowest BCUT2D eigenvalue weighted by atomic mass is 10.0. The Morgan fingerprint density at radius 3 is 2.64 bits per heavy atom. The van der Waals surface area contributed by atoms with Gasteiger partial charge in [0.2, 0.25) is 0 Å². The number of pyridine rings is 1. The van der Waals surface area contributed by atoms with Crippen molar-refractivity contribution >= 4 is 20.9 Å². The van der Waals surface area contributed by atoms with Crippen molar-refractivity contribution in [2.24, 2.45) is 0 Å². The Morgan fingerprint density at radius 1 is 1.12 bits per heavy atom. The first-order chi connectivity index (χ1) is 15.8. The molecule has 0 bridgehead atoms. The molecule has 1 aliphatic rings. The van der Waals surface area contributed by atoms with E-state index in [2.05, 4.69) is 10.3 Å². The Bertz CT molecular complexity index is 1440. The minimum Gasteiger partial charge on any atom is -0.434 e. The third-order valence-electron chi connectivity index (χ3n) is 5.64. The first-order valence-electron chi connectivity index (χ1n) is 10.2. The van der Waals surface area contributed by atoms with Crippen LogP contribution in [0.25, 0.3) is 22.2 Å². The molecule has 10 heteroatoms. The molecule has 3 heterocycles. The Hall–Kier alpha value is -3.37. The molecule has 4 aromatic rings. The summed E-state index contributed by atoms with van der Waals surface area (Å²) in [6, 6.07) is 15.4. The van der Waals surface area contributed by atoms with E-state index < -0.39 is 16.4 Å². The molecule has 1 atom stereocenters. The maximum absolute atomic E-state index is 13.0. The van der Waals surface area contributed by atoms with Gasteiger partial charge in [-0.25, -0.2) is 18.4 Å². The van der Waals surface area contributed by atoms with Crippen LogP contribution in [0.1, 0.15) is 17.4 Å². The Morgan fingerprint density at radius 2 is 1.91 bits per heavy atom. The molecular formula is C23H20F2N4O3S. The summed E-state index contributed by atoms with van der Waals surface area (Å²) in [5.74, 6) is 0.918. The summed E-state index contributed by atoms with van der Waals surface area (Å²) in [6.45, 7) is -1.85. The highest BCUT2D eigenvalue weighted by Crippen LogP contribution is 2.35. The molecule has 0 radical (unpaired) electrons. The molecule has 5 rings (SSSR count). The molecule has 0 unspecified atom stereocenters. The van der Waals surface area contributed by atoms with Gasteiger partial charge in [0, 0.05) is 30.1 Å². The summed E-state index contributed by atoms with van der Waals surface area (Å²) < 4.78 is 56.2. The molecule has 1 aliphatic heterocycles. The van der Waals surface area contributed by atoms with Crippen LogP contribution in [-0.4, -0.2) is 42.4 Å². The van der Waals surface area contributed by atoms with E-state index in [-0.39, 0.29) is 16.8 Å². The van der Waals surface area contributed by atoms with Crippen molar-refractivity contribution in [3.8, 4) is 16.9 Å². The van der Waals surface area contributed by atoms with Gasteiger partial charge in [-0.2, -0.15) is 8.78 Å². The lowest BCUT2D eigenvalue weighted by Crippen LogP contribution is -2.34. The third-order valence-corrected chi connectivity index (χ3v) is 6.64. The van der Waals surface area contributed by atoms with Gasteiger partial charge in [-0.15, -0.1) is 0 Å². The van der Waals surface area contributed by atoms with Crippen LogP contribution in [0.2, 0.25) is 0 Å². The van der Waals surface area contributed by atoms with Gasteiger partial charge in [0.1, 0.15) is 11.6 Å². The van der Waals surface area contributed by atoms with Gasteiger partial charge in [0.15, 0.2) is 14.9 Å². The molecule has 0 fully saturated rings. The van der Waals surface area contributed by atoms with Crippen LogP contribution in [0.15, 0.2) is 65.8 Å². The number of sulfone groups is 1. The molecule has 0 saturated carbocycles. The Kier molecular flexibility index (Phi) is 5.34.